The average Bonchev–Trinajstić information content (AvgIpc) is 2.98. The molecule has 0 saturated carbocycles. The van der Waals surface area contributed by atoms with E-state index in [4.69, 9.17) is 4.74 Å². The first-order valence-electron chi connectivity index (χ1n) is 6.20. The third-order valence-corrected chi connectivity index (χ3v) is 3.25. The van der Waals surface area contributed by atoms with Crippen molar-refractivity contribution in [1.82, 2.24) is 14.9 Å². The Bertz CT molecular complexity index is 488. The van der Waals surface area contributed by atoms with Gasteiger partial charge in [0, 0.05) is 18.1 Å². The Morgan fingerprint density at radius 3 is 3.12 bits per heavy atom. The van der Waals surface area contributed by atoms with Gasteiger partial charge in [-0.05, 0) is 38.1 Å². The number of hydrogen-bond donors (Lipinski definition) is 1. The molecular formula is C13H17N3O. The predicted octanol–water partition coefficient (Wildman–Crippen LogP) is 2.04. The lowest BCUT2D eigenvalue weighted by atomic mass is 10.3. The zero-order valence-electron chi connectivity index (χ0n) is 9.85. The largest absolute Gasteiger partial charge is 0.491 e. The second kappa shape index (κ2) is 4.75. The van der Waals surface area contributed by atoms with E-state index in [2.05, 4.69) is 14.9 Å². The van der Waals surface area contributed by atoms with Crippen molar-refractivity contribution in [3.63, 3.8) is 0 Å². The first kappa shape index (κ1) is 10.6. The van der Waals surface area contributed by atoms with Gasteiger partial charge in [-0.1, -0.05) is 0 Å². The van der Waals surface area contributed by atoms with E-state index in [1.807, 2.05) is 18.3 Å². The summed E-state index contributed by atoms with van der Waals surface area (Å²) in [6.07, 6.45) is 6.34. The Balaban J connectivity index is 1.56. The van der Waals surface area contributed by atoms with Crippen molar-refractivity contribution < 1.29 is 4.74 Å². The summed E-state index contributed by atoms with van der Waals surface area (Å²) in [5, 5.41) is 1.10. The summed E-state index contributed by atoms with van der Waals surface area (Å²) in [5.41, 5.74) is 0.914. The molecule has 0 radical (unpaired) electrons. The molecule has 0 unspecified atom stereocenters. The SMILES string of the molecule is c1cc2cc(OCCN3CCCC3)cnc2[nH]1. The van der Waals surface area contributed by atoms with Crippen molar-refractivity contribution in [2.75, 3.05) is 26.2 Å². The van der Waals surface area contributed by atoms with Crippen molar-refractivity contribution in [1.29, 1.82) is 0 Å². The van der Waals surface area contributed by atoms with E-state index in [0.29, 0.717) is 0 Å². The fraction of sp³-hybridized carbons (Fsp3) is 0.462. The molecule has 0 aromatic carbocycles. The van der Waals surface area contributed by atoms with Crippen LogP contribution in [0, 0.1) is 0 Å². The Morgan fingerprint density at radius 2 is 2.24 bits per heavy atom. The minimum atomic E-state index is 0.748. The number of aromatic amines is 1. The van der Waals surface area contributed by atoms with Crippen LogP contribution >= 0.6 is 0 Å². The maximum absolute atomic E-state index is 5.73. The number of ether oxygens (including phenoxy) is 1. The monoisotopic (exact) mass is 231 g/mol. The summed E-state index contributed by atoms with van der Waals surface area (Å²) in [5.74, 6) is 0.858. The van der Waals surface area contributed by atoms with Crippen molar-refractivity contribution in [3.05, 3.63) is 24.5 Å². The van der Waals surface area contributed by atoms with Gasteiger partial charge in [-0.3, -0.25) is 4.90 Å². The van der Waals surface area contributed by atoms with E-state index in [1.54, 1.807) is 6.20 Å². The van der Waals surface area contributed by atoms with Crippen molar-refractivity contribution in [2.24, 2.45) is 0 Å². The van der Waals surface area contributed by atoms with Gasteiger partial charge >= 0.3 is 0 Å². The molecule has 2 aromatic rings. The highest BCUT2D eigenvalue weighted by molar-refractivity contribution is 5.76. The Morgan fingerprint density at radius 1 is 1.35 bits per heavy atom. The van der Waals surface area contributed by atoms with Gasteiger partial charge in [0.1, 0.15) is 18.0 Å². The van der Waals surface area contributed by atoms with E-state index >= 15 is 0 Å². The molecule has 1 fully saturated rings. The van der Waals surface area contributed by atoms with Crippen LogP contribution in [0.3, 0.4) is 0 Å². The molecule has 4 nitrogen and oxygen atoms in total. The van der Waals surface area contributed by atoms with E-state index in [-0.39, 0.29) is 0 Å². The van der Waals surface area contributed by atoms with Gasteiger partial charge in [0.05, 0.1) is 6.20 Å². The van der Waals surface area contributed by atoms with Crippen molar-refractivity contribution >= 4 is 11.0 Å². The topological polar surface area (TPSA) is 41.1 Å². The third kappa shape index (κ3) is 2.42. The smallest absolute Gasteiger partial charge is 0.138 e. The minimum Gasteiger partial charge on any atom is -0.491 e. The first-order valence-corrected chi connectivity index (χ1v) is 6.20. The lowest BCUT2D eigenvalue weighted by molar-refractivity contribution is 0.237. The van der Waals surface area contributed by atoms with Crippen LogP contribution in [-0.2, 0) is 0 Å². The molecule has 4 heteroatoms. The summed E-state index contributed by atoms with van der Waals surface area (Å²) in [7, 11) is 0. The number of hydrogen-bond acceptors (Lipinski definition) is 3. The molecule has 2 aromatic heterocycles. The summed E-state index contributed by atoms with van der Waals surface area (Å²) >= 11 is 0. The number of likely N-dealkylation sites (tertiary alicyclic amines) is 1. The third-order valence-electron chi connectivity index (χ3n) is 3.25. The Hall–Kier alpha value is -1.55. The molecule has 0 bridgehead atoms. The standard InChI is InChI=1S/C13H17N3O/c1-2-6-16(5-1)7-8-17-12-9-11-3-4-14-13(11)15-10-12/h3-4,9-10H,1-2,5-8H2,(H,14,15). The zero-order valence-corrected chi connectivity index (χ0v) is 9.85. The predicted molar refractivity (Wildman–Crippen MR) is 67.3 cm³/mol. The lowest BCUT2D eigenvalue weighted by Crippen LogP contribution is -2.25. The van der Waals surface area contributed by atoms with Gasteiger partial charge in [0.25, 0.3) is 0 Å². The van der Waals surface area contributed by atoms with Crippen LogP contribution in [0.5, 0.6) is 5.75 Å². The molecule has 3 heterocycles. The van der Waals surface area contributed by atoms with E-state index in [9.17, 15) is 0 Å². The van der Waals surface area contributed by atoms with Gasteiger partial charge in [-0.15, -0.1) is 0 Å². The van der Waals surface area contributed by atoms with Crippen LogP contribution < -0.4 is 4.74 Å². The highest BCUT2D eigenvalue weighted by Crippen LogP contribution is 2.17. The summed E-state index contributed by atoms with van der Waals surface area (Å²) in [6.45, 7) is 4.21. The van der Waals surface area contributed by atoms with E-state index in [0.717, 1.165) is 29.9 Å². The van der Waals surface area contributed by atoms with E-state index in [1.165, 1.54) is 25.9 Å². The number of aromatic nitrogens is 2. The molecule has 3 rings (SSSR count). The van der Waals surface area contributed by atoms with Crippen LogP contribution in [0.15, 0.2) is 24.5 Å². The highest BCUT2D eigenvalue weighted by atomic mass is 16.5. The maximum Gasteiger partial charge on any atom is 0.138 e. The first-order chi connectivity index (χ1) is 8.42. The highest BCUT2D eigenvalue weighted by Gasteiger charge is 2.10. The van der Waals surface area contributed by atoms with Crippen LogP contribution in [0.4, 0.5) is 0 Å². The summed E-state index contributed by atoms with van der Waals surface area (Å²) in [6, 6.07) is 4.04. The van der Waals surface area contributed by atoms with Crippen LogP contribution in [0.2, 0.25) is 0 Å². The number of rotatable bonds is 4. The molecule has 90 valence electrons. The van der Waals surface area contributed by atoms with E-state index < -0.39 is 0 Å². The fourth-order valence-corrected chi connectivity index (χ4v) is 2.30. The van der Waals surface area contributed by atoms with Gasteiger partial charge in [-0.25, -0.2) is 4.98 Å². The number of nitrogens with one attached hydrogen (secondary N) is 1. The number of nitrogens with zero attached hydrogens (tertiary/aromatic N) is 2. The molecule has 0 spiro atoms. The minimum absolute atomic E-state index is 0.748. The molecule has 0 amide bonds. The average molecular weight is 231 g/mol. The van der Waals surface area contributed by atoms with Crippen LogP contribution in [-0.4, -0.2) is 41.1 Å². The van der Waals surface area contributed by atoms with Crippen LogP contribution in [0.25, 0.3) is 11.0 Å². The summed E-state index contributed by atoms with van der Waals surface area (Å²) < 4.78 is 5.73. The lowest BCUT2D eigenvalue weighted by Gasteiger charge is -2.14. The number of H-pyrrole nitrogens is 1. The molecule has 1 saturated heterocycles. The number of fused-ring (bicyclic) bond motifs is 1. The van der Waals surface area contributed by atoms with Crippen LogP contribution in [0.1, 0.15) is 12.8 Å². The summed E-state index contributed by atoms with van der Waals surface area (Å²) in [4.78, 5) is 9.82. The molecule has 17 heavy (non-hydrogen) atoms. The maximum atomic E-state index is 5.73. The molecule has 1 aliphatic heterocycles. The zero-order chi connectivity index (χ0) is 11.5. The van der Waals surface area contributed by atoms with Gasteiger partial charge in [-0.2, -0.15) is 0 Å². The molecule has 1 aliphatic rings. The molecule has 0 aliphatic carbocycles. The van der Waals surface area contributed by atoms with Gasteiger partial charge in [0.2, 0.25) is 0 Å². The van der Waals surface area contributed by atoms with Gasteiger partial charge < -0.3 is 9.72 Å². The Labute approximate surface area is 101 Å². The van der Waals surface area contributed by atoms with Crippen molar-refractivity contribution in [2.45, 2.75) is 12.8 Å². The quantitative estimate of drug-likeness (QED) is 0.875. The van der Waals surface area contributed by atoms with Crippen molar-refractivity contribution in [3.8, 4) is 5.75 Å². The molecule has 0 atom stereocenters. The second-order valence-corrected chi connectivity index (χ2v) is 4.48. The number of pyridine rings is 1. The normalized spacial score (nSPS) is 16.7. The Kier molecular flexibility index (Phi) is 2.96. The van der Waals surface area contributed by atoms with Gasteiger partial charge in [0.15, 0.2) is 0 Å². The molecular weight excluding hydrogens is 214 g/mol. The fourth-order valence-electron chi connectivity index (χ4n) is 2.30. The second-order valence-electron chi connectivity index (χ2n) is 4.48. The molecule has 1 N–H and O–H groups in total.